The van der Waals surface area contributed by atoms with Crippen molar-refractivity contribution in [2.45, 2.75) is 31.6 Å². The second-order valence-electron chi connectivity index (χ2n) is 6.26. The number of halogens is 3. The van der Waals surface area contributed by atoms with Gasteiger partial charge in [0.2, 0.25) is 5.91 Å². The molecule has 1 aliphatic rings. The highest BCUT2D eigenvalue weighted by atomic mass is 19.4. The fourth-order valence-electron chi connectivity index (χ4n) is 3.30. The largest absolute Gasteiger partial charge is 0.493 e. The topological polar surface area (TPSA) is 56.6 Å². The number of likely N-dealkylation sites (tertiary alicyclic amines) is 1. The molecule has 9 heteroatoms. The molecule has 3 rings (SSSR count). The minimum Gasteiger partial charge on any atom is -0.493 e. The number of methoxy groups -OCH3 is 2. The van der Waals surface area contributed by atoms with Crippen LogP contribution in [0.3, 0.4) is 0 Å². The zero-order chi connectivity index (χ0) is 19.6. The van der Waals surface area contributed by atoms with Gasteiger partial charge in [-0.2, -0.15) is 18.3 Å². The zero-order valence-corrected chi connectivity index (χ0v) is 15.0. The highest BCUT2D eigenvalue weighted by molar-refractivity contribution is 5.76. The molecule has 1 aliphatic heterocycles. The smallest absolute Gasteiger partial charge is 0.435 e. The molecule has 1 aromatic heterocycles. The molecule has 146 valence electrons. The first-order valence-corrected chi connectivity index (χ1v) is 8.45. The summed E-state index contributed by atoms with van der Waals surface area (Å²) in [7, 11) is 3.08. The average Bonchev–Trinajstić information content (AvgIpc) is 3.30. The van der Waals surface area contributed by atoms with Crippen LogP contribution in [0.1, 0.15) is 30.1 Å². The number of benzene rings is 1. The van der Waals surface area contributed by atoms with Crippen LogP contribution >= 0.6 is 0 Å². The Balaban J connectivity index is 1.76. The average molecular weight is 383 g/mol. The van der Waals surface area contributed by atoms with Crippen molar-refractivity contribution in [3.05, 3.63) is 41.7 Å². The van der Waals surface area contributed by atoms with Crippen LogP contribution in [-0.4, -0.2) is 41.4 Å². The Bertz CT molecular complexity index is 820. The van der Waals surface area contributed by atoms with Gasteiger partial charge in [-0.05, 0) is 36.6 Å². The van der Waals surface area contributed by atoms with Gasteiger partial charge in [0.25, 0.3) is 0 Å². The van der Waals surface area contributed by atoms with Crippen LogP contribution < -0.4 is 9.47 Å². The maximum Gasteiger partial charge on any atom is 0.435 e. The molecular weight excluding hydrogens is 363 g/mol. The van der Waals surface area contributed by atoms with Gasteiger partial charge in [0, 0.05) is 12.7 Å². The predicted molar refractivity (Wildman–Crippen MR) is 90.5 cm³/mol. The molecule has 6 nitrogen and oxygen atoms in total. The maximum absolute atomic E-state index is 12.7. The van der Waals surface area contributed by atoms with Crippen LogP contribution in [0.5, 0.6) is 11.5 Å². The molecule has 0 radical (unpaired) electrons. The van der Waals surface area contributed by atoms with Crippen LogP contribution in [-0.2, 0) is 17.5 Å². The summed E-state index contributed by atoms with van der Waals surface area (Å²) >= 11 is 0. The predicted octanol–water partition coefficient (Wildman–Crippen LogP) is 3.28. The second kappa shape index (κ2) is 7.50. The summed E-state index contributed by atoms with van der Waals surface area (Å²) in [5.74, 6) is 0.883. The Hall–Kier alpha value is -2.71. The molecule has 0 aliphatic carbocycles. The van der Waals surface area contributed by atoms with Crippen LogP contribution in [0.25, 0.3) is 0 Å². The highest BCUT2D eigenvalue weighted by Gasteiger charge is 2.34. The van der Waals surface area contributed by atoms with Gasteiger partial charge in [0.05, 0.1) is 20.3 Å². The lowest BCUT2D eigenvalue weighted by Gasteiger charge is -2.25. The van der Waals surface area contributed by atoms with E-state index in [2.05, 4.69) is 5.10 Å². The molecule has 1 aromatic carbocycles. The number of alkyl halides is 3. The van der Waals surface area contributed by atoms with Gasteiger partial charge >= 0.3 is 6.18 Å². The van der Waals surface area contributed by atoms with Crippen molar-refractivity contribution in [3.8, 4) is 11.5 Å². The summed E-state index contributed by atoms with van der Waals surface area (Å²) in [4.78, 5) is 14.3. The molecule has 0 saturated carbocycles. The van der Waals surface area contributed by atoms with E-state index in [-0.39, 0.29) is 18.5 Å². The molecule has 0 bridgehead atoms. The van der Waals surface area contributed by atoms with E-state index >= 15 is 0 Å². The molecule has 1 saturated heterocycles. The molecule has 1 amide bonds. The molecule has 0 N–H and O–H groups in total. The zero-order valence-electron chi connectivity index (χ0n) is 15.0. The number of carbonyl (C=O) groups excluding carboxylic acids is 1. The molecule has 2 heterocycles. The fourth-order valence-corrected chi connectivity index (χ4v) is 3.30. The minimum absolute atomic E-state index is 0.157. The van der Waals surface area contributed by atoms with Crippen molar-refractivity contribution in [2.75, 3.05) is 20.8 Å². The van der Waals surface area contributed by atoms with Crippen molar-refractivity contribution in [3.63, 3.8) is 0 Å². The van der Waals surface area contributed by atoms with Gasteiger partial charge in [-0.25, -0.2) is 0 Å². The number of hydrogen-bond donors (Lipinski definition) is 0. The summed E-state index contributed by atoms with van der Waals surface area (Å²) in [6.07, 6.45) is -1.77. The second-order valence-corrected chi connectivity index (χ2v) is 6.26. The lowest BCUT2D eigenvalue weighted by atomic mass is 10.0. The number of hydrogen-bond acceptors (Lipinski definition) is 4. The van der Waals surface area contributed by atoms with E-state index in [9.17, 15) is 18.0 Å². The number of rotatable bonds is 5. The van der Waals surface area contributed by atoms with Gasteiger partial charge in [0.1, 0.15) is 6.54 Å². The van der Waals surface area contributed by atoms with Crippen molar-refractivity contribution in [2.24, 2.45) is 0 Å². The van der Waals surface area contributed by atoms with Gasteiger partial charge < -0.3 is 14.4 Å². The first-order chi connectivity index (χ1) is 12.8. The van der Waals surface area contributed by atoms with Crippen molar-refractivity contribution in [1.29, 1.82) is 0 Å². The lowest BCUT2D eigenvalue weighted by Crippen LogP contribution is -2.33. The summed E-state index contributed by atoms with van der Waals surface area (Å²) in [6, 6.07) is 6.18. The third-order valence-corrected chi connectivity index (χ3v) is 4.59. The van der Waals surface area contributed by atoms with Gasteiger partial charge in [0.15, 0.2) is 17.2 Å². The van der Waals surface area contributed by atoms with Crippen LogP contribution in [0.15, 0.2) is 30.5 Å². The van der Waals surface area contributed by atoms with Crippen molar-refractivity contribution < 1.29 is 27.4 Å². The Kier molecular flexibility index (Phi) is 5.29. The SMILES string of the molecule is COc1ccc(C2CCCN2C(=O)Cn2ccc(C(F)(F)F)n2)cc1OC. The number of carbonyl (C=O) groups is 1. The monoisotopic (exact) mass is 383 g/mol. The van der Waals surface area contributed by atoms with E-state index in [0.717, 1.165) is 29.2 Å². The van der Waals surface area contributed by atoms with Gasteiger partial charge in [-0.15, -0.1) is 0 Å². The number of aromatic nitrogens is 2. The van der Waals surface area contributed by atoms with E-state index in [0.29, 0.717) is 18.0 Å². The van der Waals surface area contributed by atoms with E-state index in [1.54, 1.807) is 18.1 Å². The Morgan fingerprint density at radius 1 is 1.22 bits per heavy atom. The van der Waals surface area contributed by atoms with Crippen LogP contribution in [0.4, 0.5) is 13.2 Å². The summed E-state index contributed by atoms with van der Waals surface area (Å²) in [5, 5.41) is 3.45. The van der Waals surface area contributed by atoms with E-state index in [1.165, 1.54) is 13.3 Å². The summed E-state index contributed by atoms with van der Waals surface area (Å²) in [6.45, 7) is 0.311. The first kappa shape index (κ1) is 19.1. The molecule has 1 unspecified atom stereocenters. The molecular formula is C18H20F3N3O3. The number of nitrogens with zero attached hydrogens (tertiary/aromatic N) is 3. The third-order valence-electron chi connectivity index (χ3n) is 4.59. The normalized spacial score (nSPS) is 17.2. The lowest BCUT2D eigenvalue weighted by molar-refractivity contribution is -0.142. The Morgan fingerprint density at radius 2 is 1.96 bits per heavy atom. The highest BCUT2D eigenvalue weighted by Crippen LogP contribution is 2.37. The van der Waals surface area contributed by atoms with Gasteiger partial charge in [-0.3, -0.25) is 9.48 Å². The molecule has 2 aromatic rings. The van der Waals surface area contributed by atoms with Crippen molar-refractivity contribution >= 4 is 5.91 Å². The van der Waals surface area contributed by atoms with Crippen LogP contribution in [0, 0.1) is 0 Å². The fraction of sp³-hybridized carbons (Fsp3) is 0.444. The van der Waals surface area contributed by atoms with E-state index < -0.39 is 11.9 Å². The van der Waals surface area contributed by atoms with Crippen LogP contribution in [0.2, 0.25) is 0 Å². The molecule has 27 heavy (non-hydrogen) atoms. The Morgan fingerprint density at radius 3 is 2.59 bits per heavy atom. The molecule has 1 atom stereocenters. The Labute approximate surface area is 154 Å². The summed E-state index contributed by atoms with van der Waals surface area (Å²) < 4.78 is 49.6. The van der Waals surface area contributed by atoms with Gasteiger partial charge in [-0.1, -0.05) is 6.07 Å². The quantitative estimate of drug-likeness (QED) is 0.795. The molecule has 1 fully saturated rings. The van der Waals surface area contributed by atoms with Crippen molar-refractivity contribution in [1.82, 2.24) is 14.7 Å². The third kappa shape index (κ3) is 4.01. The van der Waals surface area contributed by atoms with E-state index in [4.69, 9.17) is 9.47 Å². The summed E-state index contributed by atoms with van der Waals surface area (Å²) in [5.41, 5.74) is -0.108. The number of amides is 1. The molecule has 0 spiro atoms. The standard InChI is InChI=1S/C18H20F3N3O3/c1-26-14-6-5-12(10-15(14)27-2)13-4-3-8-24(13)17(25)11-23-9-7-16(22-23)18(19,20)21/h5-7,9-10,13H,3-4,8,11H2,1-2H3. The van der Waals surface area contributed by atoms with E-state index in [1.807, 2.05) is 12.1 Å². The first-order valence-electron chi connectivity index (χ1n) is 8.45. The maximum atomic E-state index is 12.7. The minimum atomic E-state index is -4.52. The number of ether oxygens (including phenoxy) is 2.